The highest BCUT2D eigenvalue weighted by Gasteiger charge is 2.17. The van der Waals surface area contributed by atoms with Crippen molar-refractivity contribution in [3.8, 4) is 0 Å². The number of hydrogen-bond acceptors (Lipinski definition) is 4. The molecule has 0 unspecified atom stereocenters. The van der Waals surface area contributed by atoms with Gasteiger partial charge in [-0.15, -0.1) is 11.8 Å². The number of rotatable bonds is 5. The van der Waals surface area contributed by atoms with Gasteiger partial charge in [0, 0.05) is 25.3 Å². The minimum atomic E-state index is -2.98. The molecule has 0 saturated carbocycles. The van der Waals surface area contributed by atoms with Crippen LogP contribution in [-0.4, -0.2) is 19.5 Å². The van der Waals surface area contributed by atoms with Gasteiger partial charge >= 0.3 is 7.60 Å². The first-order valence-electron chi connectivity index (χ1n) is 4.01. The van der Waals surface area contributed by atoms with E-state index >= 15 is 0 Å². The molecule has 0 aliphatic rings. The lowest BCUT2D eigenvalue weighted by Crippen LogP contribution is -1.88. The van der Waals surface area contributed by atoms with E-state index in [-0.39, 0.29) is 0 Å². The summed E-state index contributed by atoms with van der Waals surface area (Å²) in [5.74, 6) is 1.55. The second kappa shape index (κ2) is 5.86. The van der Waals surface area contributed by atoms with Gasteiger partial charge in [0.15, 0.2) is 0 Å². The molecule has 0 atom stereocenters. The molecule has 0 aliphatic carbocycles. The summed E-state index contributed by atoms with van der Waals surface area (Å²) >= 11 is 1.64. The van der Waals surface area contributed by atoms with Crippen molar-refractivity contribution in [2.45, 2.75) is 26.0 Å². The summed E-state index contributed by atoms with van der Waals surface area (Å²) in [7, 11) is -0.210. The van der Waals surface area contributed by atoms with Crippen molar-refractivity contribution in [1.29, 1.82) is 0 Å². The van der Waals surface area contributed by atoms with Crippen molar-refractivity contribution in [3.05, 3.63) is 10.7 Å². The molecule has 0 N–H and O–H groups in total. The summed E-state index contributed by atoms with van der Waals surface area (Å²) in [6, 6.07) is 0. The summed E-state index contributed by atoms with van der Waals surface area (Å²) in [5.41, 5.74) is 0. The quantitative estimate of drug-likeness (QED) is 0.670. The maximum absolute atomic E-state index is 11.6. The lowest BCUT2D eigenvalue weighted by Gasteiger charge is -2.11. The molecule has 13 heavy (non-hydrogen) atoms. The average molecular weight is 224 g/mol. The molecule has 0 aliphatic heterocycles. The normalized spacial score (nSPS) is 13.8. The number of hydrogen-bond donors (Lipinski definition) is 0. The van der Waals surface area contributed by atoms with E-state index in [1.54, 1.807) is 17.6 Å². The zero-order chi connectivity index (χ0) is 10.5. The Morgan fingerprint density at radius 2 is 1.85 bits per heavy atom. The Kier molecular flexibility index (Phi) is 5.97. The van der Waals surface area contributed by atoms with Gasteiger partial charge in [-0.25, -0.2) is 0 Å². The molecule has 0 bridgehead atoms. The minimum absolute atomic E-state index is 0.471. The lowest BCUT2D eigenvalue weighted by molar-refractivity contribution is 0.286. The van der Waals surface area contributed by atoms with Crippen LogP contribution in [0, 0.1) is 0 Å². The van der Waals surface area contributed by atoms with Crippen molar-refractivity contribution in [2.75, 3.05) is 14.2 Å². The first-order valence-corrected chi connectivity index (χ1v) is 6.50. The fourth-order valence-electron chi connectivity index (χ4n) is 0.805. The van der Waals surface area contributed by atoms with E-state index in [4.69, 9.17) is 9.05 Å². The first-order chi connectivity index (χ1) is 5.93. The maximum atomic E-state index is 11.6. The van der Waals surface area contributed by atoms with Gasteiger partial charge in [0.05, 0.1) is 0 Å². The third-order valence-corrected chi connectivity index (χ3v) is 4.13. The van der Waals surface area contributed by atoms with Crippen LogP contribution in [-0.2, 0) is 13.6 Å². The Bertz CT molecular complexity index is 217. The predicted octanol–water partition coefficient (Wildman–Crippen LogP) is 3.48. The van der Waals surface area contributed by atoms with Gasteiger partial charge in [0.2, 0.25) is 0 Å². The first kappa shape index (κ1) is 13.2. The molecular formula is C8H17O3PS. The van der Waals surface area contributed by atoms with Crippen LogP contribution in [0.15, 0.2) is 10.7 Å². The molecule has 0 heterocycles. The van der Waals surface area contributed by atoms with Crippen LogP contribution in [0.4, 0.5) is 0 Å². The molecule has 0 aromatic rings. The van der Waals surface area contributed by atoms with E-state index in [0.29, 0.717) is 5.25 Å². The van der Waals surface area contributed by atoms with Crippen LogP contribution in [0.3, 0.4) is 0 Å². The second-order valence-electron chi connectivity index (χ2n) is 2.81. The van der Waals surface area contributed by atoms with Crippen molar-refractivity contribution in [2.24, 2.45) is 0 Å². The second-order valence-corrected chi connectivity index (χ2v) is 6.70. The Hall–Kier alpha value is 0.240. The van der Waals surface area contributed by atoms with E-state index < -0.39 is 7.60 Å². The third-order valence-electron chi connectivity index (χ3n) is 1.27. The van der Waals surface area contributed by atoms with Crippen molar-refractivity contribution < 1.29 is 13.6 Å². The molecule has 0 radical (unpaired) electrons. The molecule has 0 saturated heterocycles. The highest BCUT2D eigenvalue weighted by molar-refractivity contribution is 8.03. The van der Waals surface area contributed by atoms with E-state index in [0.717, 1.165) is 4.91 Å². The van der Waals surface area contributed by atoms with Crippen LogP contribution in [0.25, 0.3) is 0 Å². The Morgan fingerprint density at radius 3 is 2.15 bits per heavy atom. The average Bonchev–Trinajstić information content (AvgIpc) is 2.02. The van der Waals surface area contributed by atoms with Gasteiger partial charge < -0.3 is 9.05 Å². The van der Waals surface area contributed by atoms with E-state index in [1.807, 2.05) is 6.92 Å². The highest BCUT2D eigenvalue weighted by atomic mass is 32.2. The van der Waals surface area contributed by atoms with E-state index in [2.05, 4.69) is 13.8 Å². The topological polar surface area (TPSA) is 35.5 Å². The SMILES string of the molecule is COP(=O)(C=C(C)SC(C)C)OC. The Labute approximate surface area is 84.4 Å². The van der Waals surface area contributed by atoms with Crippen LogP contribution >= 0.6 is 19.4 Å². The molecule has 0 aromatic carbocycles. The molecule has 0 spiro atoms. The van der Waals surface area contributed by atoms with Crippen LogP contribution in [0.1, 0.15) is 20.8 Å². The fourth-order valence-corrected chi connectivity index (χ4v) is 2.98. The molecule has 78 valence electrons. The van der Waals surface area contributed by atoms with Crippen LogP contribution in [0.2, 0.25) is 0 Å². The van der Waals surface area contributed by atoms with Crippen molar-refractivity contribution in [3.63, 3.8) is 0 Å². The van der Waals surface area contributed by atoms with Crippen molar-refractivity contribution >= 4 is 19.4 Å². The van der Waals surface area contributed by atoms with Crippen molar-refractivity contribution in [1.82, 2.24) is 0 Å². The maximum Gasteiger partial charge on any atom is 0.354 e. The lowest BCUT2D eigenvalue weighted by atomic mass is 10.6. The standard InChI is InChI=1S/C8H17O3PS/c1-7(2)13-8(3)6-12(9,10-4)11-5/h6-7H,1-5H3. The largest absolute Gasteiger partial charge is 0.354 e. The zero-order valence-corrected chi connectivity index (χ0v) is 10.4. The van der Waals surface area contributed by atoms with Gasteiger partial charge in [-0.1, -0.05) is 13.8 Å². The van der Waals surface area contributed by atoms with E-state index in [9.17, 15) is 4.57 Å². The fraction of sp³-hybridized carbons (Fsp3) is 0.750. The third kappa shape index (κ3) is 5.53. The van der Waals surface area contributed by atoms with Gasteiger partial charge in [-0.05, 0) is 11.8 Å². The zero-order valence-electron chi connectivity index (χ0n) is 8.73. The number of thioether (sulfide) groups is 1. The van der Waals surface area contributed by atoms with Crippen LogP contribution in [0.5, 0.6) is 0 Å². The summed E-state index contributed by atoms with van der Waals surface area (Å²) < 4.78 is 21.2. The molecule has 0 fully saturated rings. The molecule has 3 nitrogen and oxygen atoms in total. The smallest absolute Gasteiger partial charge is 0.309 e. The molecule has 0 rings (SSSR count). The van der Waals surface area contributed by atoms with Crippen LogP contribution < -0.4 is 0 Å². The number of allylic oxidation sites excluding steroid dienone is 1. The minimum Gasteiger partial charge on any atom is -0.309 e. The van der Waals surface area contributed by atoms with Gasteiger partial charge in [0.25, 0.3) is 0 Å². The molecular weight excluding hydrogens is 207 g/mol. The van der Waals surface area contributed by atoms with Gasteiger partial charge in [0.1, 0.15) is 0 Å². The highest BCUT2D eigenvalue weighted by Crippen LogP contribution is 2.50. The van der Waals surface area contributed by atoms with Gasteiger partial charge in [-0.2, -0.15) is 0 Å². The Morgan fingerprint density at radius 1 is 1.38 bits per heavy atom. The summed E-state index contributed by atoms with van der Waals surface area (Å²) in [6.45, 7) is 6.05. The van der Waals surface area contributed by atoms with Gasteiger partial charge in [-0.3, -0.25) is 4.57 Å². The monoisotopic (exact) mass is 224 g/mol. The molecule has 0 amide bonds. The molecule has 5 heteroatoms. The summed E-state index contributed by atoms with van der Waals surface area (Å²) in [4.78, 5) is 0.960. The summed E-state index contributed by atoms with van der Waals surface area (Å²) in [5, 5.41) is 0.471. The predicted molar refractivity (Wildman–Crippen MR) is 58.1 cm³/mol. The Balaban J connectivity index is 4.43. The van der Waals surface area contributed by atoms with E-state index in [1.165, 1.54) is 14.2 Å². The molecule has 0 aromatic heterocycles. The summed E-state index contributed by atoms with van der Waals surface area (Å²) in [6.07, 6.45) is 0.